The van der Waals surface area contributed by atoms with Crippen molar-refractivity contribution in [2.75, 3.05) is 20.2 Å². The van der Waals surface area contributed by atoms with Gasteiger partial charge in [0, 0.05) is 13.1 Å². The molecule has 1 saturated heterocycles. The summed E-state index contributed by atoms with van der Waals surface area (Å²) >= 11 is 0. The summed E-state index contributed by atoms with van der Waals surface area (Å²) in [5.41, 5.74) is -0.991. The summed E-state index contributed by atoms with van der Waals surface area (Å²) in [6.45, 7) is 1.98. The number of carboxylic acids is 1. The number of rotatable bonds is 5. The number of benzene rings is 1. The molecule has 1 N–H and O–H groups in total. The highest BCUT2D eigenvalue weighted by Gasteiger charge is 2.47. The van der Waals surface area contributed by atoms with Gasteiger partial charge < -0.3 is 9.84 Å². The maximum atomic E-state index is 12.7. The predicted octanol–water partition coefficient (Wildman–Crippen LogP) is 1.57. The van der Waals surface area contributed by atoms with Crippen molar-refractivity contribution in [3.8, 4) is 5.75 Å². The van der Waals surface area contributed by atoms with Gasteiger partial charge in [0.1, 0.15) is 10.6 Å². The van der Waals surface area contributed by atoms with Crippen molar-refractivity contribution in [3.63, 3.8) is 0 Å². The van der Waals surface area contributed by atoms with Gasteiger partial charge >= 0.3 is 5.97 Å². The monoisotopic (exact) mass is 313 g/mol. The zero-order chi connectivity index (χ0) is 15.7. The molecule has 0 saturated carbocycles. The van der Waals surface area contributed by atoms with Crippen LogP contribution in [0.3, 0.4) is 0 Å². The molecule has 0 bridgehead atoms. The van der Waals surface area contributed by atoms with Gasteiger partial charge in [0.05, 0.1) is 12.5 Å². The minimum atomic E-state index is -3.75. The average molecular weight is 313 g/mol. The number of hydrogen-bond donors (Lipinski definition) is 1. The topological polar surface area (TPSA) is 83.9 Å². The fourth-order valence-corrected chi connectivity index (χ4v) is 4.31. The number of sulfonamides is 1. The van der Waals surface area contributed by atoms with Crippen LogP contribution in [0, 0.1) is 5.41 Å². The van der Waals surface area contributed by atoms with Crippen LogP contribution >= 0.6 is 0 Å². The van der Waals surface area contributed by atoms with Crippen LogP contribution in [0.2, 0.25) is 0 Å². The molecule has 1 heterocycles. The Morgan fingerprint density at radius 1 is 1.43 bits per heavy atom. The fourth-order valence-electron chi connectivity index (χ4n) is 2.62. The number of hydrogen-bond acceptors (Lipinski definition) is 4. The molecule has 1 atom stereocenters. The summed E-state index contributed by atoms with van der Waals surface area (Å²) in [5, 5.41) is 9.37. The zero-order valence-corrected chi connectivity index (χ0v) is 12.9. The number of para-hydroxylation sites is 1. The van der Waals surface area contributed by atoms with E-state index >= 15 is 0 Å². The largest absolute Gasteiger partial charge is 0.495 e. The van der Waals surface area contributed by atoms with Crippen molar-refractivity contribution in [2.24, 2.45) is 5.41 Å². The first kappa shape index (κ1) is 15.8. The molecule has 0 aliphatic carbocycles. The molecular formula is C14H19NO5S. The SMILES string of the molecule is CCC1(C(=O)O)CCN(S(=O)(=O)c2ccccc2OC)C1. The number of nitrogens with zero attached hydrogens (tertiary/aromatic N) is 1. The Morgan fingerprint density at radius 3 is 2.62 bits per heavy atom. The van der Waals surface area contributed by atoms with E-state index in [2.05, 4.69) is 0 Å². The summed E-state index contributed by atoms with van der Waals surface area (Å²) < 4.78 is 31.7. The number of aliphatic carboxylic acids is 1. The Hall–Kier alpha value is -1.60. The third-order valence-electron chi connectivity index (χ3n) is 4.14. The van der Waals surface area contributed by atoms with Crippen LogP contribution in [0.4, 0.5) is 0 Å². The second-order valence-corrected chi connectivity index (χ2v) is 7.08. The summed E-state index contributed by atoms with van der Waals surface area (Å²) in [5.74, 6) is -0.676. The first-order valence-electron chi connectivity index (χ1n) is 6.74. The molecule has 2 rings (SSSR count). The first-order chi connectivity index (χ1) is 9.87. The van der Waals surface area contributed by atoms with Gasteiger partial charge in [0.2, 0.25) is 10.0 Å². The van der Waals surface area contributed by atoms with E-state index < -0.39 is 21.4 Å². The Bertz CT molecular complexity index is 643. The van der Waals surface area contributed by atoms with Gasteiger partial charge in [-0.1, -0.05) is 19.1 Å². The van der Waals surface area contributed by atoms with E-state index in [1.165, 1.54) is 17.5 Å². The van der Waals surface area contributed by atoms with Gasteiger partial charge in [-0.25, -0.2) is 8.42 Å². The lowest BCUT2D eigenvalue weighted by Crippen LogP contribution is -2.36. The molecular weight excluding hydrogens is 294 g/mol. The third-order valence-corrected chi connectivity index (χ3v) is 6.02. The number of ether oxygens (including phenoxy) is 1. The first-order valence-corrected chi connectivity index (χ1v) is 8.18. The molecule has 0 aromatic heterocycles. The van der Waals surface area contributed by atoms with Crippen LogP contribution < -0.4 is 4.74 Å². The highest BCUT2D eigenvalue weighted by Crippen LogP contribution is 2.38. The Morgan fingerprint density at radius 2 is 2.10 bits per heavy atom. The van der Waals surface area contributed by atoms with E-state index in [-0.39, 0.29) is 23.7 Å². The molecule has 0 radical (unpaired) electrons. The summed E-state index contributed by atoms with van der Waals surface area (Å²) in [6, 6.07) is 6.36. The second-order valence-electron chi connectivity index (χ2n) is 5.18. The van der Waals surface area contributed by atoms with E-state index in [0.29, 0.717) is 12.8 Å². The second kappa shape index (κ2) is 5.65. The standard InChI is InChI=1S/C14H19NO5S/c1-3-14(13(16)17)8-9-15(10-14)21(18,19)12-7-5-4-6-11(12)20-2/h4-7H,3,8-10H2,1-2H3,(H,16,17). The van der Waals surface area contributed by atoms with Crippen LogP contribution in [0.15, 0.2) is 29.2 Å². The average Bonchev–Trinajstić information content (AvgIpc) is 2.94. The summed E-state index contributed by atoms with van der Waals surface area (Å²) in [6.07, 6.45) is 0.730. The van der Waals surface area contributed by atoms with Crippen LogP contribution in [0.1, 0.15) is 19.8 Å². The van der Waals surface area contributed by atoms with Crippen molar-refractivity contribution in [2.45, 2.75) is 24.7 Å². The third kappa shape index (κ3) is 2.63. The van der Waals surface area contributed by atoms with E-state index in [9.17, 15) is 18.3 Å². The maximum Gasteiger partial charge on any atom is 0.311 e. The maximum absolute atomic E-state index is 12.7. The molecule has 21 heavy (non-hydrogen) atoms. The fraction of sp³-hybridized carbons (Fsp3) is 0.500. The van der Waals surface area contributed by atoms with Crippen molar-refractivity contribution >= 4 is 16.0 Å². The van der Waals surface area contributed by atoms with Crippen molar-refractivity contribution in [1.82, 2.24) is 4.31 Å². The molecule has 1 aliphatic heterocycles. The molecule has 7 heteroatoms. The van der Waals surface area contributed by atoms with Gasteiger partial charge in [-0.05, 0) is 25.0 Å². The lowest BCUT2D eigenvalue weighted by molar-refractivity contribution is -0.148. The number of carboxylic acid groups (broad SMARTS) is 1. The van der Waals surface area contributed by atoms with Gasteiger partial charge in [0.25, 0.3) is 0 Å². The van der Waals surface area contributed by atoms with E-state index in [1.807, 2.05) is 0 Å². The molecule has 1 aromatic rings. The molecule has 0 spiro atoms. The van der Waals surface area contributed by atoms with Gasteiger partial charge in [-0.15, -0.1) is 0 Å². The minimum Gasteiger partial charge on any atom is -0.495 e. The van der Waals surface area contributed by atoms with Crippen LogP contribution in [-0.2, 0) is 14.8 Å². The minimum absolute atomic E-state index is 0.000779. The van der Waals surface area contributed by atoms with Crippen LogP contribution in [0.25, 0.3) is 0 Å². The molecule has 116 valence electrons. The van der Waals surface area contributed by atoms with Gasteiger partial charge in [0.15, 0.2) is 0 Å². The number of carbonyl (C=O) groups is 1. The smallest absolute Gasteiger partial charge is 0.311 e. The number of methoxy groups -OCH3 is 1. The van der Waals surface area contributed by atoms with Crippen LogP contribution in [0.5, 0.6) is 5.75 Å². The Kier molecular flexibility index (Phi) is 4.25. The molecule has 0 amide bonds. The van der Waals surface area contributed by atoms with Crippen molar-refractivity contribution < 1.29 is 23.1 Å². The highest BCUT2D eigenvalue weighted by atomic mass is 32.2. The van der Waals surface area contributed by atoms with E-state index in [0.717, 1.165) is 0 Å². The molecule has 1 aliphatic rings. The Labute approximate surface area is 124 Å². The van der Waals surface area contributed by atoms with E-state index in [1.54, 1.807) is 25.1 Å². The Balaban J connectivity index is 2.36. The predicted molar refractivity (Wildman–Crippen MR) is 76.7 cm³/mol. The molecule has 1 aromatic carbocycles. The van der Waals surface area contributed by atoms with E-state index in [4.69, 9.17) is 4.74 Å². The molecule has 1 unspecified atom stereocenters. The zero-order valence-electron chi connectivity index (χ0n) is 12.1. The lowest BCUT2D eigenvalue weighted by Gasteiger charge is -2.23. The lowest BCUT2D eigenvalue weighted by atomic mass is 9.85. The van der Waals surface area contributed by atoms with Crippen molar-refractivity contribution in [1.29, 1.82) is 0 Å². The van der Waals surface area contributed by atoms with Gasteiger partial charge in [-0.3, -0.25) is 4.79 Å². The van der Waals surface area contributed by atoms with Crippen LogP contribution in [-0.4, -0.2) is 44.0 Å². The summed E-state index contributed by atoms with van der Waals surface area (Å²) in [4.78, 5) is 11.5. The summed E-state index contributed by atoms with van der Waals surface area (Å²) in [7, 11) is -2.34. The van der Waals surface area contributed by atoms with Crippen molar-refractivity contribution in [3.05, 3.63) is 24.3 Å². The molecule has 1 fully saturated rings. The van der Waals surface area contributed by atoms with Gasteiger partial charge in [-0.2, -0.15) is 4.31 Å². The highest BCUT2D eigenvalue weighted by molar-refractivity contribution is 7.89. The molecule has 6 nitrogen and oxygen atoms in total. The quantitative estimate of drug-likeness (QED) is 0.892. The normalized spacial score (nSPS) is 23.1.